The van der Waals surface area contributed by atoms with Gasteiger partial charge in [-0.25, -0.2) is 9.37 Å². The van der Waals surface area contributed by atoms with Crippen molar-refractivity contribution in [3.63, 3.8) is 0 Å². The molecule has 0 aliphatic rings. The Morgan fingerprint density at radius 3 is 2.65 bits per heavy atom. The highest BCUT2D eigenvalue weighted by Gasteiger charge is 2.19. The lowest BCUT2D eigenvalue weighted by Crippen LogP contribution is -2.25. The van der Waals surface area contributed by atoms with E-state index in [0.717, 1.165) is 0 Å². The quantitative estimate of drug-likeness (QED) is 0.629. The largest absolute Gasteiger partial charge is 0.325 e. The van der Waals surface area contributed by atoms with Gasteiger partial charge in [0.25, 0.3) is 5.56 Å². The summed E-state index contributed by atoms with van der Waals surface area (Å²) in [5, 5.41) is 2.76. The minimum atomic E-state index is -0.407. The Balaban J connectivity index is 2.09. The van der Waals surface area contributed by atoms with Crippen LogP contribution in [0.15, 0.2) is 40.3 Å². The number of benzene rings is 1. The summed E-state index contributed by atoms with van der Waals surface area (Å²) >= 11 is 1.21. The van der Waals surface area contributed by atoms with Crippen LogP contribution < -0.4 is 10.9 Å². The van der Waals surface area contributed by atoms with Crippen molar-refractivity contribution in [3.05, 3.63) is 52.2 Å². The highest BCUT2D eigenvalue weighted by atomic mass is 32.2. The molecule has 0 saturated carbocycles. The summed E-state index contributed by atoms with van der Waals surface area (Å²) in [6.45, 7) is 3.79. The second-order valence-electron chi connectivity index (χ2n) is 4.91. The average Bonchev–Trinajstić information content (AvgIpc) is 2.54. The van der Waals surface area contributed by atoms with Crippen LogP contribution >= 0.6 is 11.8 Å². The summed E-state index contributed by atoms with van der Waals surface area (Å²) in [7, 11) is 0. The van der Waals surface area contributed by atoms with Crippen LogP contribution in [0.25, 0.3) is 0 Å². The predicted octanol–water partition coefficient (Wildman–Crippen LogP) is 2.98. The number of thioether (sulfide) groups is 1. The third-order valence-corrected chi connectivity index (χ3v) is 4.41. The molecule has 0 radical (unpaired) electrons. The Labute approximate surface area is 137 Å². The van der Waals surface area contributed by atoms with Crippen LogP contribution in [0.2, 0.25) is 0 Å². The number of aromatic nitrogens is 2. The number of hydrogen-bond acceptors (Lipinski definition) is 4. The fourth-order valence-electron chi connectivity index (χ4n) is 1.93. The maximum atomic E-state index is 12.9. The number of carbonyl (C=O) groups excluding carboxylic acids is 1. The number of hydrogen-bond donors (Lipinski definition) is 2. The molecule has 122 valence electrons. The average molecular weight is 335 g/mol. The van der Waals surface area contributed by atoms with Gasteiger partial charge in [0.05, 0.1) is 5.25 Å². The Morgan fingerprint density at radius 1 is 1.35 bits per heavy atom. The topological polar surface area (TPSA) is 74.8 Å². The lowest BCUT2D eigenvalue weighted by molar-refractivity contribution is -0.115. The van der Waals surface area contributed by atoms with Crippen LogP contribution in [0.1, 0.15) is 26.0 Å². The van der Waals surface area contributed by atoms with Gasteiger partial charge in [-0.1, -0.05) is 25.6 Å². The first kappa shape index (κ1) is 17.2. The highest BCUT2D eigenvalue weighted by molar-refractivity contribution is 8.00. The van der Waals surface area contributed by atoms with Gasteiger partial charge in [0.1, 0.15) is 5.82 Å². The first-order valence-corrected chi connectivity index (χ1v) is 8.23. The lowest BCUT2D eigenvalue weighted by atomic mass is 10.2. The number of nitrogens with zero attached hydrogens (tertiary/aromatic N) is 1. The maximum absolute atomic E-state index is 12.9. The van der Waals surface area contributed by atoms with E-state index in [4.69, 9.17) is 0 Å². The number of H-pyrrole nitrogens is 1. The van der Waals surface area contributed by atoms with Crippen molar-refractivity contribution in [1.82, 2.24) is 9.97 Å². The molecule has 0 aliphatic carbocycles. The summed E-state index contributed by atoms with van der Waals surface area (Å²) in [5.74, 6) is -0.573. The summed E-state index contributed by atoms with van der Waals surface area (Å²) in [6.07, 6.45) is 1.22. The normalized spacial score (nSPS) is 12.0. The first-order valence-electron chi connectivity index (χ1n) is 7.35. The van der Waals surface area contributed by atoms with Gasteiger partial charge >= 0.3 is 0 Å². The maximum Gasteiger partial charge on any atom is 0.251 e. The molecule has 2 rings (SSSR count). The molecule has 0 fully saturated rings. The fraction of sp³-hybridized carbons (Fsp3) is 0.312. The van der Waals surface area contributed by atoms with Crippen molar-refractivity contribution in [2.45, 2.75) is 37.1 Å². The van der Waals surface area contributed by atoms with Gasteiger partial charge in [-0.15, -0.1) is 0 Å². The molecule has 1 heterocycles. The molecular weight excluding hydrogens is 317 g/mol. The molecule has 1 aromatic carbocycles. The van der Waals surface area contributed by atoms with E-state index in [1.807, 2.05) is 13.8 Å². The Kier molecular flexibility index (Phi) is 5.92. The number of rotatable bonds is 6. The number of amides is 1. The molecule has 0 bridgehead atoms. The summed E-state index contributed by atoms with van der Waals surface area (Å²) < 4.78 is 12.9. The summed E-state index contributed by atoms with van der Waals surface area (Å²) in [5.41, 5.74) is 0.984. The molecule has 1 aromatic heterocycles. The van der Waals surface area contributed by atoms with Crippen molar-refractivity contribution in [2.75, 3.05) is 5.32 Å². The zero-order valence-electron chi connectivity index (χ0n) is 12.9. The van der Waals surface area contributed by atoms with Crippen LogP contribution in [0.3, 0.4) is 0 Å². The zero-order valence-corrected chi connectivity index (χ0v) is 13.7. The van der Waals surface area contributed by atoms with Crippen LogP contribution in [-0.4, -0.2) is 21.1 Å². The predicted molar refractivity (Wildman–Crippen MR) is 89.2 cm³/mol. The van der Waals surface area contributed by atoms with E-state index in [9.17, 15) is 14.0 Å². The van der Waals surface area contributed by atoms with E-state index in [-0.39, 0.29) is 17.3 Å². The molecule has 0 aliphatic heterocycles. The van der Waals surface area contributed by atoms with Crippen LogP contribution in [0, 0.1) is 5.82 Å². The first-order chi connectivity index (χ1) is 11.0. The van der Waals surface area contributed by atoms with Gasteiger partial charge in [0, 0.05) is 17.4 Å². The second-order valence-corrected chi connectivity index (χ2v) is 6.10. The third-order valence-electron chi connectivity index (χ3n) is 3.16. The van der Waals surface area contributed by atoms with E-state index in [1.165, 1.54) is 42.1 Å². The smallest absolute Gasteiger partial charge is 0.251 e. The van der Waals surface area contributed by atoms with Crippen LogP contribution in [0.4, 0.5) is 10.1 Å². The SMILES string of the molecule is CCc1cc(=O)[nH]c(SC(CC)C(=O)Nc2ccc(F)cc2)n1. The van der Waals surface area contributed by atoms with Crippen molar-refractivity contribution in [2.24, 2.45) is 0 Å². The van der Waals surface area contributed by atoms with Crippen LogP contribution in [0.5, 0.6) is 0 Å². The Bertz CT molecular complexity index is 731. The molecular formula is C16H18FN3O2S. The van der Waals surface area contributed by atoms with Gasteiger partial charge < -0.3 is 10.3 Å². The molecule has 0 spiro atoms. The minimum Gasteiger partial charge on any atom is -0.325 e. The molecule has 7 heteroatoms. The van der Waals surface area contributed by atoms with E-state index >= 15 is 0 Å². The molecule has 2 N–H and O–H groups in total. The molecule has 2 aromatic rings. The number of aryl methyl sites for hydroxylation is 1. The van der Waals surface area contributed by atoms with Crippen molar-refractivity contribution < 1.29 is 9.18 Å². The van der Waals surface area contributed by atoms with Gasteiger partial charge in [-0.2, -0.15) is 0 Å². The summed E-state index contributed by atoms with van der Waals surface area (Å²) in [4.78, 5) is 30.9. The fourth-order valence-corrected chi connectivity index (χ4v) is 2.86. The van der Waals surface area contributed by atoms with Gasteiger partial charge in [0.2, 0.25) is 5.91 Å². The number of carbonyl (C=O) groups is 1. The molecule has 23 heavy (non-hydrogen) atoms. The van der Waals surface area contributed by atoms with Crippen molar-refractivity contribution >= 4 is 23.4 Å². The van der Waals surface area contributed by atoms with E-state index in [1.54, 1.807) is 0 Å². The molecule has 1 amide bonds. The number of aromatic amines is 1. The van der Waals surface area contributed by atoms with Gasteiger partial charge in [0.15, 0.2) is 5.16 Å². The molecule has 1 atom stereocenters. The Hall–Kier alpha value is -2.15. The van der Waals surface area contributed by atoms with Gasteiger partial charge in [-0.3, -0.25) is 9.59 Å². The zero-order chi connectivity index (χ0) is 16.8. The summed E-state index contributed by atoms with van der Waals surface area (Å²) in [6, 6.07) is 7.02. The Morgan fingerprint density at radius 2 is 2.04 bits per heavy atom. The standard InChI is InChI=1S/C16H18FN3O2S/c1-3-11-9-14(21)20-16(19-11)23-13(4-2)15(22)18-12-7-5-10(17)6-8-12/h5-9,13H,3-4H2,1-2H3,(H,18,22)(H,19,20,21). The van der Waals surface area contributed by atoms with Crippen molar-refractivity contribution in [3.8, 4) is 0 Å². The number of halogens is 1. The minimum absolute atomic E-state index is 0.214. The third kappa shape index (κ3) is 4.92. The van der Waals surface area contributed by atoms with E-state index < -0.39 is 5.25 Å². The van der Waals surface area contributed by atoms with Gasteiger partial charge in [-0.05, 0) is 37.1 Å². The number of nitrogens with one attached hydrogen (secondary N) is 2. The highest BCUT2D eigenvalue weighted by Crippen LogP contribution is 2.23. The lowest BCUT2D eigenvalue weighted by Gasteiger charge is -2.14. The van der Waals surface area contributed by atoms with E-state index in [2.05, 4.69) is 15.3 Å². The molecule has 0 saturated heterocycles. The van der Waals surface area contributed by atoms with Crippen LogP contribution in [-0.2, 0) is 11.2 Å². The van der Waals surface area contributed by atoms with E-state index in [0.29, 0.717) is 29.4 Å². The number of anilines is 1. The second kappa shape index (κ2) is 7.92. The van der Waals surface area contributed by atoms with Crippen molar-refractivity contribution in [1.29, 1.82) is 0 Å². The molecule has 1 unspecified atom stereocenters. The molecule has 5 nitrogen and oxygen atoms in total. The monoisotopic (exact) mass is 335 g/mol.